The summed E-state index contributed by atoms with van der Waals surface area (Å²) in [4.78, 5) is 4.30. The fourth-order valence-corrected chi connectivity index (χ4v) is 2.37. The highest BCUT2D eigenvalue weighted by Crippen LogP contribution is 2.09. The monoisotopic (exact) mass is 273 g/mol. The van der Waals surface area contributed by atoms with Gasteiger partial charge in [-0.05, 0) is 31.7 Å². The summed E-state index contributed by atoms with van der Waals surface area (Å²) in [6, 6.07) is 10.8. The van der Waals surface area contributed by atoms with Gasteiger partial charge in [-0.15, -0.1) is 0 Å². The molecule has 1 aromatic heterocycles. The van der Waals surface area contributed by atoms with Crippen LogP contribution in [0, 0.1) is 0 Å². The van der Waals surface area contributed by atoms with E-state index in [2.05, 4.69) is 46.7 Å². The predicted molar refractivity (Wildman–Crippen MR) is 79.9 cm³/mol. The molecule has 0 amide bonds. The van der Waals surface area contributed by atoms with Crippen LogP contribution in [0.3, 0.4) is 0 Å². The van der Waals surface area contributed by atoms with Crippen molar-refractivity contribution >= 4 is 0 Å². The van der Waals surface area contributed by atoms with Gasteiger partial charge in [0.15, 0.2) is 0 Å². The quantitative estimate of drug-likeness (QED) is 0.567. The summed E-state index contributed by atoms with van der Waals surface area (Å²) in [6.07, 6.45) is 5.65. The van der Waals surface area contributed by atoms with E-state index in [0.717, 1.165) is 38.1 Å². The zero-order chi connectivity index (χ0) is 14.2. The van der Waals surface area contributed by atoms with Gasteiger partial charge in [-0.25, -0.2) is 4.98 Å². The second kappa shape index (κ2) is 7.77. The van der Waals surface area contributed by atoms with Crippen molar-refractivity contribution in [2.45, 2.75) is 45.2 Å². The van der Waals surface area contributed by atoms with Crippen LogP contribution in [0.5, 0.6) is 0 Å². The van der Waals surface area contributed by atoms with Gasteiger partial charge in [0.1, 0.15) is 12.2 Å². The topological polar surface area (TPSA) is 68.8 Å². The number of aryl methyl sites for hydroxylation is 2. The van der Waals surface area contributed by atoms with Gasteiger partial charge in [-0.3, -0.25) is 16.0 Å². The lowest BCUT2D eigenvalue weighted by Crippen LogP contribution is -2.37. The highest BCUT2D eigenvalue weighted by Gasteiger charge is 2.12. The van der Waals surface area contributed by atoms with E-state index in [1.165, 1.54) is 5.56 Å². The van der Waals surface area contributed by atoms with Crippen LogP contribution in [0.15, 0.2) is 36.7 Å². The van der Waals surface area contributed by atoms with E-state index in [0.29, 0.717) is 0 Å². The summed E-state index contributed by atoms with van der Waals surface area (Å²) >= 11 is 0. The maximum Gasteiger partial charge on any atom is 0.138 e. The number of benzene rings is 1. The largest absolute Gasteiger partial charge is 0.271 e. The van der Waals surface area contributed by atoms with Gasteiger partial charge in [-0.2, -0.15) is 5.10 Å². The lowest BCUT2D eigenvalue weighted by atomic mass is 10.0. The van der Waals surface area contributed by atoms with Gasteiger partial charge in [0.2, 0.25) is 0 Å². The number of hydrazine groups is 1. The summed E-state index contributed by atoms with van der Waals surface area (Å²) < 4.78 is 1.92. The van der Waals surface area contributed by atoms with Crippen LogP contribution in [0.4, 0.5) is 0 Å². The van der Waals surface area contributed by atoms with E-state index >= 15 is 0 Å². The molecule has 1 atom stereocenters. The summed E-state index contributed by atoms with van der Waals surface area (Å²) in [7, 11) is 0. The molecule has 0 aliphatic heterocycles. The Labute approximate surface area is 120 Å². The van der Waals surface area contributed by atoms with E-state index in [9.17, 15) is 0 Å². The van der Waals surface area contributed by atoms with Crippen LogP contribution in [0.2, 0.25) is 0 Å². The normalized spacial score (nSPS) is 12.5. The van der Waals surface area contributed by atoms with Crippen LogP contribution in [0.1, 0.15) is 31.2 Å². The van der Waals surface area contributed by atoms with Crippen LogP contribution >= 0.6 is 0 Å². The Hall–Kier alpha value is -1.72. The van der Waals surface area contributed by atoms with E-state index in [-0.39, 0.29) is 6.04 Å². The van der Waals surface area contributed by atoms with Crippen molar-refractivity contribution in [2.24, 2.45) is 5.84 Å². The highest BCUT2D eigenvalue weighted by atomic mass is 15.3. The van der Waals surface area contributed by atoms with Gasteiger partial charge < -0.3 is 0 Å². The molecule has 1 unspecified atom stereocenters. The number of nitrogens with zero attached hydrogens (tertiary/aromatic N) is 3. The van der Waals surface area contributed by atoms with Gasteiger partial charge in [-0.1, -0.05) is 30.3 Å². The zero-order valence-corrected chi connectivity index (χ0v) is 12.0. The number of aromatic nitrogens is 3. The lowest BCUT2D eigenvalue weighted by molar-refractivity contribution is 0.454. The Morgan fingerprint density at radius 1 is 1.30 bits per heavy atom. The predicted octanol–water partition coefficient (Wildman–Crippen LogP) is 1.70. The molecule has 0 aliphatic rings. The smallest absolute Gasteiger partial charge is 0.138 e. The number of nitrogens with two attached hydrogens (primary N) is 1. The molecule has 1 aromatic carbocycles. The Bertz CT molecular complexity index is 494. The van der Waals surface area contributed by atoms with Crippen LogP contribution < -0.4 is 11.3 Å². The average Bonchev–Trinajstić information content (AvgIpc) is 2.94. The minimum Gasteiger partial charge on any atom is -0.271 e. The molecule has 2 aromatic rings. The molecule has 3 N–H and O–H groups in total. The molecular formula is C15H23N5. The molecule has 5 nitrogen and oxygen atoms in total. The molecule has 0 fully saturated rings. The van der Waals surface area contributed by atoms with Crippen molar-refractivity contribution < 1.29 is 0 Å². The van der Waals surface area contributed by atoms with Gasteiger partial charge in [0.05, 0.1) is 0 Å². The molecule has 0 spiro atoms. The molecule has 0 saturated carbocycles. The first-order chi connectivity index (χ1) is 9.83. The number of rotatable bonds is 8. The summed E-state index contributed by atoms with van der Waals surface area (Å²) in [5.41, 5.74) is 4.27. The minimum absolute atomic E-state index is 0.244. The maximum absolute atomic E-state index is 5.65. The molecule has 0 aliphatic carbocycles. The van der Waals surface area contributed by atoms with Crippen molar-refractivity contribution in [3.63, 3.8) is 0 Å². The molecular weight excluding hydrogens is 250 g/mol. The Morgan fingerprint density at radius 3 is 2.80 bits per heavy atom. The standard InChI is InChI=1S/C15H23N5/c1-2-20-15(17-12-18-20)11-14(19-16)10-6-9-13-7-4-3-5-8-13/h3-5,7-8,12,14,19H,2,6,9-11,16H2,1H3. The third kappa shape index (κ3) is 4.15. The fraction of sp³-hybridized carbons (Fsp3) is 0.467. The summed E-state index contributed by atoms with van der Waals surface area (Å²) in [6.45, 7) is 2.91. The first-order valence-electron chi connectivity index (χ1n) is 7.20. The van der Waals surface area contributed by atoms with E-state index in [4.69, 9.17) is 5.84 Å². The van der Waals surface area contributed by atoms with Crippen LogP contribution in [-0.2, 0) is 19.4 Å². The molecule has 1 heterocycles. The Kier molecular flexibility index (Phi) is 5.70. The van der Waals surface area contributed by atoms with Crippen molar-refractivity contribution in [3.05, 3.63) is 48.0 Å². The number of nitrogens with one attached hydrogen (secondary N) is 1. The van der Waals surface area contributed by atoms with Gasteiger partial charge >= 0.3 is 0 Å². The molecule has 0 bridgehead atoms. The van der Waals surface area contributed by atoms with Crippen molar-refractivity contribution in [1.29, 1.82) is 0 Å². The zero-order valence-electron chi connectivity index (χ0n) is 12.0. The van der Waals surface area contributed by atoms with E-state index in [1.807, 2.05) is 10.7 Å². The van der Waals surface area contributed by atoms with E-state index < -0.39 is 0 Å². The maximum atomic E-state index is 5.65. The second-order valence-electron chi connectivity index (χ2n) is 4.94. The summed E-state index contributed by atoms with van der Waals surface area (Å²) in [5.74, 6) is 6.65. The third-order valence-corrected chi connectivity index (χ3v) is 3.52. The lowest BCUT2D eigenvalue weighted by Gasteiger charge is -2.15. The van der Waals surface area contributed by atoms with Crippen molar-refractivity contribution in [1.82, 2.24) is 20.2 Å². The minimum atomic E-state index is 0.244. The van der Waals surface area contributed by atoms with Gasteiger partial charge in [0.25, 0.3) is 0 Å². The average molecular weight is 273 g/mol. The molecule has 0 saturated heterocycles. The van der Waals surface area contributed by atoms with Gasteiger partial charge in [0, 0.05) is 19.0 Å². The molecule has 5 heteroatoms. The first-order valence-corrected chi connectivity index (χ1v) is 7.20. The molecule has 2 rings (SSSR count). The van der Waals surface area contributed by atoms with E-state index in [1.54, 1.807) is 6.33 Å². The second-order valence-corrected chi connectivity index (χ2v) is 4.94. The SMILES string of the molecule is CCn1ncnc1CC(CCCc1ccccc1)NN. The molecule has 108 valence electrons. The molecule has 0 radical (unpaired) electrons. The Morgan fingerprint density at radius 2 is 2.10 bits per heavy atom. The number of hydrogen-bond acceptors (Lipinski definition) is 4. The summed E-state index contributed by atoms with van der Waals surface area (Å²) in [5, 5.41) is 4.19. The Balaban J connectivity index is 1.81. The fourth-order valence-electron chi connectivity index (χ4n) is 2.37. The molecule has 20 heavy (non-hydrogen) atoms. The van der Waals surface area contributed by atoms with Crippen LogP contribution in [-0.4, -0.2) is 20.8 Å². The van der Waals surface area contributed by atoms with Crippen LogP contribution in [0.25, 0.3) is 0 Å². The number of hydrogen-bond donors (Lipinski definition) is 2. The first kappa shape index (κ1) is 14.7. The highest BCUT2D eigenvalue weighted by molar-refractivity contribution is 5.14. The third-order valence-electron chi connectivity index (χ3n) is 3.52. The van der Waals surface area contributed by atoms with Crippen molar-refractivity contribution in [2.75, 3.05) is 0 Å². The van der Waals surface area contributed by atoms with Crippen molar-refractivity contribution in [3.8, 4) is 0 Å².